The molecule has 0 atom stereocenters. The van der Waals surface area contributed by atoms with Gasteiger partial charge in [-0.25, -0.2) is 4.98 Å². The van der Waals surface area contributed by atoms with Crippen LogP contribution in [-0.4, -0.2) is 35.2 Å². The minimum Gasteiger partial charge on any atom is -0.378 e. The van der Waals surface area contributed by atoms with Crippen LogP contribution in [0, 0.1) is 0 Å². The molecule has 3 rings (SSSR count). The number of ether oxygens (including phenoxy) is 1. The van der Waals surface area contributed by atoms with E-state index in [1.54, 1.807) is 13.3 Å². The summed E-state index contributed by atoms with van der Waals surface area (Å²) in [5.74, 6) is 1.21. The third-order valence-corrected chi connectivity index (χ3v) is 3.62. The van der Waals surface area contributed by atoms with Gasteiger partial charge in [0.1, 0.15) is 5.82 Å². The van der Waals surface area contributed by atoms with Crippen LogP contribution in [-0.2, 0) is 11.3 Å². The highest BCUT2D eigenvalue weighted by molar-refractivity contribution is 5.92. The number of piperidine rings is 1. The number of rotatable bonds is 3. The van der Waals surface area contributed by atoms with Crippen molar-refractivity contribution in [2.75, 3.05) is 30.8 Å². The van der Waals surface area contributed by atoms with Crippen molar-refractivity contribution >= 4 is 22.7 Å². The molecular formula is C14H19N5O. The maximum atomic E-state index is 5.85. The van der Waals surface area contributed by atoms with Gasteiger partial charge in [-0.05, 0) is 25.3 Å². The first-order valence-electron chi connectivity index (χ1n) is 6.94. The average molecular weight is 273 g/mol. The second-order valence-electron chi connectivity index (χ2n) is 5.04. The van der Waals surface area contributed by atoms with Gasteiger partial charge in [-0.2, -0.15) is 4.98 Å². The van der Waals surface area contributed by atoms with Gasteiger partial charge in [0.25, 0.3) is 0 Å². The van der Waals surface area contributed by atoms with Crippen molar-refractivity contribution in [2.24, 2.45) is 0 Å². The van der Waals surface area contributed by atoms with Crippen molar-refractivity contribution in [1.29, 1.82) is 0 Å². The lowest BCUT2D eigenvalue weighted by Crippen LogP contribution is -2.31. The van der Waals surface area contributed by atoms with Crippen molar-refractivity contribution in [3.8, 4) is 0 Å². The van der Waals surface area contributed by atoms with E-state index in [9.17, 15) is 0 Å². The van der Waals surface area contributed by atoms with Crippen LogP contribution >= 0.6 is 0 Å². The molecule has 2 aromatic heterocycles. The number of hydrogen-bond donors (Lipinski definition) is 1. The Morgan fingerprint density at radius 1 is 1.25 bits per heavy atom. The number of methoxy groups -OCH3 is 1. The average Bonchev–Trinajstić information content (AvgIpc) is 2.47. The quantitative estimate of drug-likeness (QED) is 0.918. The Morgan fingerprint density at radius 2 is 2.05 bits per heavy atom. The van der Waals surface area contributed by atoms with Crippen molar-refractivity contribution in [3.05, 3.63) is 18.0 Å². The highest BCUT2D eigenvalue weighted by Crippen LogP contribution is 2.29. The molecule has 2 aromatic rings. The van der Waals surface area contributed by atoms with Crippen LogP contribution in [0.3, 0.4) is 0 Å². The number of hydrogen-bond acceptors (Lipinski definition) is 6. The van der Waals surface area contributed by atoms with E-state index in [-0.39, 0.29) is 0 Å². The number of nitrogens with zero attached hydrogens (tertiary/aromatic N) is 4. The van der Waals surface area contributed by atoms with Crippen molar-refractivity contribution in [1.82, 2.24) is 15.0 Å². The Kier molecular flexibility index (Phi) is 3.64. The zero-order valence-electron chi connectivity index (χ0n) is 11.7. The highest BCUT2D eigenvalue weighted by atomic mass is 16.5. The van der Waals surface area contributed by atoms with E-state index in [4.69, 9.17) is 10.5 Å². The second kappa shape index (κ2) is 5.58. The minimum atomic E-state index is 0.313. The third-order valence-electron chi connectivity index (χ3n) is 3.62. The Labute approximate surface area is 118 Å². The van der Waals surface area contributed by atoms with Gasteiger partial charge in [-0.15, -0.1) is 0 Å². The predicted octanol–water partition coefficient (Wildman–Crippen LogP) is 1.74. The molecule has 0 spiro atoms. The lowest BCUT2D eigenvalue weighted by atomic mass is 10.1. The van der Waals surface area contributed by atoms with Gasteiger partial charge in [0, 0.05) is 26.4 Å². The maximum absolute atomic E-state index is 5.85. The van der Waals surface area contributed by atoms with E-state index in [0.29, 0.717) is 12.6 Å². The van der Waals surface area contributed by atoms with Gasteiger partial charge < -0.3 is 15.4 Å². The molecule has 1 aliphatic rings. The fourth-order valence-electron chi connectivity index (χ4n) is 2.72. The van der Waals surface area contributed by atoms with E-state index in [0.717, 1.165) is 35.5 Å². The lowest BCUT2D eigenvalue weighted by Gasteiger charge is -2.29. The summed E-state index contributed by atoms with van der Waals surface area (Å²) in [5.41, 5.74) is 7.55. The molecule has 106 valence electrons. The standard InChI is InChI=1S/C14H19N5O/c1-20-9-11-12-10(5-6-16-11)17-14(15)18-13(12)19-7-3-2-4-8-19/h5-6H,2-4,7-9H2,1H3,(H2,15,17,18). The molecule has 2 N–H and O–H groups in total. The topological polar surface area (TPSA) is 77.2 Å². The van der Waals surface area contributed by atoms with Gasteiger partial charge in [-0.1, -0.05) is 0 Å². The van der Waals surface area contributed by atoms with Crippen LogP contribution < -0.4 is 10.6 Å². The fourth-order valence-corrected chi connectivity index (χ4v) is 2.72. The summed E-state index contributed by atoms with van der Waals surface area (Å²) in [7, 11) is 1.67. The molecule has 6 nitrogen and oxygen atoms in total. The van der Waals surface area contributed by atoms with Gasteiger partial charge in [-0.3, -0.25) is 4.98 Å². The molecule has 0 unspecified atom stereocenters. The van der Waals surface area contributed by atoms with Crippen LogP contribution in [0.4, 0.5) is 11.8 Å². The summed E-state index contributed by atoms with van der Waals surface area (Å²) >= 11 is 0. The third kappa shape index (κ3) is 2.38. The summed E-state index contributed by atoms with van der Waals surface area (Å²) in [6, 6.07) is 1.87. The molecule has 1 fully saturated rings. The number of aromatic nitrogens is 3. The van der Waals surface area contributed by atoms with E-state index in [2.05, 4.69) is 19.9 Å². The molecule has 0 bridgehead atoms. The SMILES string of the molecule is COCc1nccc2nc(N)nc(N3CCCCC3)c12. The normalized spacial score (nSPS) is 15.8. The molecular weight excluding hydrogens is 254 g/mol. The summed E-state index contributed by atoms with van der Waals surface area (Å²) in [6.07, 6.45) is 5.39. The summed E-state index contributed by atoms with van der Waals surface area (Å²) < 4.78 is 5.24. The number of pyridine rings is 1. The molecule has 0 amide bonds. The predicted molar refractivity (Wildman–Crippen MR) is 78.5 cm³/mol. The maximum Gasteiger partial charge on any atom is 0.222 e. The zero-order valence-corrected chi connectivity index (χ0v) is 11.7. The number of anilines is 2. The van der Waals surface area contributed by atoms with Gasteiger partial charge >= 0.3 is 0 Å². The summed E-state index contributed by atoms with van der Waals surface area (Å²) in [5, 5.41) is 0.963. The van der Waals surface area contributed by atoms with Gasteiger partial charge in [0.2, 0.25) is 5.95 Å². The van der Waals surface area contributed by atoms with E-state index < -0.39 is 0 Å². The smallest absolute Gasteiger partial charge is 0.222 e. The van der Waals surface area contributed by atoms with E-state index in [1.165, 1.54) is 19.3 Å². The first kappa shape index (κ1) is 13.1. The van der Waals surface area contributed by atoms with Crippen LogP contribution in [0.2, 0.25) is 0 Å². The minimum absolute atomic E-state index is 0.313. The summed E-state index contributed by atoms with van der Waals surface area (Å²) in [4.78, 5) is 15.5. The second-order valence-corrected chi connectivity index (χ2v) is 5.04. The molecule has 20 heavy (non-hydrogen) atoms. The first-order valence-corrected chi connectivity index (χ1v) is 6.94. The van der Waals surface area contributed by atoms with Crippen LogP contribution in [0.15, 0.2) is 12.3 Å². The first-order chi connectivity index (χ1) is 9.79. The zero-order chi connectivity index (χ0) is 13.9. The number of nitrogen functional groups attached to an aromatic ring is 1. The number of fused-ring (bicyclic) bond motifs is 1. The van der Waals surface area contributed by atoms with Gasteiger partial charge in [0.05, 0.1) is 23.2 Å². The molecule has 0 aliphatic carbocycles. The molecule has 0 saturated carbocycles. The monoisotopic (exact) mass is 273 g/mol. The van der Waals surface area contributed by atoms with Crippen molar-refractivity contribution in [2.45, 2.75) is 25.9 Å². The van der Waals surface area contributed by atoms with Crippen LogP contribution in [0.25, 0.3) is 10.9 Å². The Hall–Kier alpha value is -1.95. The highest BCUT2D eigenvalue weighted by Gasteiger charge is 2.19. The Bertz CT molecular complexity index is 610. The number of nitrogens with two attached hydrogens (primary N) is 1. The molecule has 0 radical (unpaired) electrons. The lowest BCUT2D eigenvalue weighted by molar-refractivity contribution is 0.182. The summed E-state index contributed by atoms with van der Waals surface area (Å²) in [6.45, 7) is 2.46. The van der Waals surface area contributed by atoms with Crippen molar-refractivity contribution in [3.63, 3.8) is 0 Å². The molecule has 1 saturated heterocycles. The molecule has 0 aromatic carbocycles. The molecule has 3 heterocycles. The van der Waals surface area contributed by atoms with Crippen molar-refractivity contribution < 1.29 is 4.74 Å². The van der Waals surface area contributed by atoms with E-state index in [1.807, 2.05) is 6.07 Å². The van der Waals surface area contributed by atoms with E-state index >= 15 is 0 Å². The Morgan fingerprint density at radius 3 is 2.80 bits per heavy atom. The molecule has 1 aliphatic heterocycles. The largest absolute Gasteiger partial charge is 0.378 e. The fraction of sp³-hybridized carbons (Fsp3) is 0.500. The molecule has 6 heteroatoms. The van der Waals surface area contributed by atoms with Crippen LogP contribution in [0.1, 0.15) is 25.0 Å². The van der Waals surface area contributed by atoms with Gasteiger partial charge in [0.15, 0.2) is 0 Å². The Balaban J connectivity index is 2.17. The van der Waals surface area contributed by atoms with Crippen LogP contribution in [0.5, 0.6) is 0 Å².